The van der Waals surface area contributed by atoms with Gasteiger partial charge in [-0.2, -0.15) is 0 Å². The molecule has 258 valence electrons. The maximum Gasteiger partial charge on any atom is 0.286 e. The van der Waals surface area contributed by atoms with E-state index >= 15 is 0 Å². The Kier molecular flexibility index (Phi) is 9.93. The molecule has 6 nitrogen and oxygen atoms in total. The van der Waals surface area contributed by atoms with Crippen LogP contribution in [0.3, 0.4) is 0 Å². The van der Waals surface area contributed by atoms with Gasteiger partial charge in [-0.05, 0) is 33.4 Å². The molecule has 0 fully saturated rings. The van der Waals surface area contributed by atoms with E-state index in [1.807, 2.05) is 182 Å². The predicted molar refractivity (Wildman–Crippen MR) is 212 cm³/mol. The van der Waals surface area contributed by atoms with Crippen molar-refractivity contribution in [2.24, 2.45) is 0 Å². The van der Waals surface area contributed by atoms with Crippen LogP contribution in [-0.4, -0.2) is 9.85 Å². The molecule has 0 saturated heterocycles. The molecule has 0 aliphatic rings. The van der Waals surface area contributed by atoms with Crippen molar-refractivity contribution in [3.05, 3.63) is 259 Å². The van der Waals surface area contributed by atoms with Crippen LogP contribution < -0.4 is 0 Å². The topological polar surface area (TPSA) is 86.3 Å². The minimum Gasteiger partial charge on any atom is -0.258 e. The molecule has 0 amide bonds. The largest absolute Gasteiger partial charge is 0.286 e. The first-order valence-corrected chi connectivity index (χ1v) is 17.3. The smallest absolute Gasteiger partial charge is 0.258 e. The van der Waals surface area contributed by atoms with E-state index in [1.54, 1.807) is 0 Å². The van der Waals surface area contributed by atoms with Crippen LogP contribution in [0, 0.1) is 43.9 Å². The molecule has 0 aliphatic heterocycles. The minimum atomic E-state index is -1.06. The molecule has 0 aliphatic carbocycles. The average Bonchev–Trinajstić information content (AvgIpc) is 3.23. The van der Waals surface area contributed by atoms with Gasteiger partial charge in [0.15, 0.2) is 0 Å². The summed E-state index contributed by atoms with van der Waals surface area (Å²) >= 11 is 0. The van der Waals surface area contributed by atoms with Crippen molar-refractivity contribution in [1.82, 2.24) is 0 Å². The van der Waals surface area contributed by atoms with Crippen molar-refractivity contribution in [2.45, 2.75) is 10.8 Å². The summed E-state index contributed by atoms with van der Waals surface area (Å²) in [6.45, 7) is 0. The van der Waals surface area contributed by atoms with Crippen LogP contribution in [0.1, 0.15) is 44.5 Å². The highest BCUT2D eigenvalue weighted by atomic mass is 16.6. The summed E-state index contributed by atoms with van der Waals surface area (Å²) in [4.78, 5) is 24.4. The van der Waals surface area contributed by atoms with Crippen LogP contribution >= 0.6 is 0 Å². The Balaban J connectivity index is 1.48. The summed E-state index contributed by atoms with van der Waals surface area (Å²) in [7, 11) is 0. The fraction of sp³-hybridized carbons (Fsp3) is 0.0417. The van der Waals surface area contributed by atoms with Gasteiger partial charge in [-0.15, -0.1) is 0 Å². The van der Waals surface area contributed by atoms with Gasteiger partial charge < -0.3 is 0 Å². The molecule has 0 aromatic heterocycles. The molecule has 54 heavy (non-hydrogen) atoms. The molecule has 0 unspecified atom stereocenters. The van der Waals surface area contributed by atoms with Crippen LogP contribution in [0.25, 0.3) is 0 Å². The summed E-state index contributed by atoms with van der Waals surface area (Å²) in [5.41, 5.74) is 1.97. The molecule has 0 spiro atoms. The summed E-state index contributed by atoms with van der Waals surface area (Å²) in [6, 6.07) is 60.3. The van der Waals surface area contributed by atoms with Gasteiger partial charge in [0, 0.05) is 12.1 Å². The Hall–Kier alpha value is -7.54. The van der Waals surface area contributed by atoms with Crippen LogP contribution in [0.15, 0.2) is 194 Å². The Morgan fingerprint density at radius 2 is 0.556 bits per heavy atom. The zero-order valence-corrected chi connectivity index (χ0v) is 29.0. The van der Waals surface area contributed by atoms with E-state index in [4.69, 9.17) is 0 Å². The van der Waals surface area contributed by atoms with E-state index in [0.717, 1.165) is 33.4 Å². The van der Waals surface area contributed by atoms with Gasteiger partial charge in [0.25, 0.3) is 11.4 Å². The van der Waals surface area contributed by atoms with Crippen molar-refractivity contribution in [3.63, 3.8) is 0 Å². The van der Waals surface area contributed by atoms with Gasteiger partial charge in [-0.1, -0.05) is 206 Å². The lowest BCUT2D eigenvalue weighted by Crippen LogP contribution is -2.27. The third-order valence-corrected chi connectivity index (χ3v) is 9.52. The molecule has 0 saturated carbocycles. The van der Waals surface area contributed by atoms with E-state index in [1.165, 1.54) is 12.1 Å². The first-order chi connectivity index (χ1) is 26.4. The Bertz CT molecular complexity index is 2160. The monoisotopic (exact) mass is 700 g/mol. The van der Waals surface area contributed by atoms with Gasteiger partial charge in [-0.25, -0.2) is 0 Å². The second-order valence-corrected chi connectivity index (χ2v) is 12.6. The van der Waals surface area contributed by atoms with Crippen LogP contribution in [-0.2, 0) is 10.8 Å². The number of hydrogen-bond acceptors (Lipinski definition) is 4. The predicted octanol–water partition coefficient (Wildman–Crippen LogP) is 10.3. The van der Waals surface area contributed by atoms with E-state index in [2.05, 4.69) is 23.7 Å². The van der Waals surface area contributed by atoms with E-state index in [9.17, 15) is 20.2 Å². The van der Waals surface area contributed by atoms with Gasteiger partial charge >= 0.3 is 0 Å². The molecule has 7 rings (SSSR count). The summed E-state index contributed by atoms with van der Waals surface area (Å²) < 4.78 is 0. The number of hydrogen-bond donors (Lipinski definition) is 0. The highest BCUT2D eigenvalue weighted by Gasteiger charge is 2.36. The lowest BCUT2D eigenvalue weighted by molar-refractivity contribution is -0.389. The van der Waals surface area contributed by atoms with E-state index in [0.29, 0.717) is 0 Å². The van der Waals surface area contributed by atoms with Crippen molar-refractivity contribution >= 4 is 11.4 Å². The third-order valence-electron chi connectivity index (χ3n) is 9.52. The summed E-state index contributed by atoms with van der Waals surface area (Å²) in [5, 5.41) is 25.5. The van der Waals surface area contributed by atoms with E-state index < -0.39 is 20.7 Å². The maximum atomic E-state index is 12.8. The van der Waals surface area contributed by atoms with Gasteiger partial charge in [-0.3, -0.25) is 20.2 Å². The normalized spacial score (nSPS) is 11.0. The molecule has 0 heterocycles. The lowest BCUT2D eigenvalue weighted by Gasteiger charge is -2.31. The molecule has 0 radical (unpaired) electrons. The number of nitrogens with zero attached hydrogens (tertiary/aromatic N) is 2. The Morgan fingerprint density at radius 1 is 0.352 bits per heavy atom. The zero-order valence-electron chi connectivity index (χ0n) is 29.0. The summed E-state index contributed by atoms with van der Waals surface area (Å²) in [6.07, 6.45) is 0. The molecule has 0 bridgehead atoms. The minimum absolute atomic E-state index is 0.0927. The van der Waals surface area contributed by atoms with Crippen LogP contribution in [0.5, 0.6) is 0 Å². The highest BCUT2D eigenvalue weighted by Crippen LogP contribution is 2.41. The van der Waals surface area contributed by atoms with Gasteiger partial charge in [0.2, 0.25) is 0 Å². The molecule has 7 aromatic rings. The van der Waals surface area contributed by atoms with Crippen molar-refractivity contribution in [1.29, 1.82) is 0 Å². The second kappa shape index (κ2) is 15.4. The molecule has 7 aromatic carbocycles. The molecule has 0 N–H and O–H groups in total. The maximum absolute atomic E-state index is 12.8. The number of nitro groups is 2. The van der Waals surface area contributed by atoms with Crippen molar-refractivity contribution < 1.29 is 9.85 Å². The standard InChI is InChI=1S/C48H32N2O4/c51-49(52)45-36-38(32-34-48(42-25-13-4-14-26-42,43-27-15-5-16-28-43)44-29-17-6-18-30-44)46(50(53)54)35-37(45)31-33-47(39-19-7-1-8-20-39,40-21-9-2-10-22-40)41-23-11-3-12-24-41/h1-30,35-36H. The van der Waals surface area contributed by atoms with Crippen LogP contribution in [0.2, 0.25) is 0 Å². The molecular formula is C48H32N2O4. The third kappa shape index (κ3) is 6.64. The number of benzene rings is 7. The lowest BCUT2D eigenvalue weighted by atomic mass is 9.70. The molecule has 6 heteroatoms. The van der Waals surface area contributed by atoms with Crippen molar-refractivity contribution in [3.8, 4) is 23.7 Å². The SMILES string of the molecule is O=[N+]([O-])c1cc(C#CC(c2ccccc2)(c2ccccc2)c2ccccc2)c([N+](=O)[O-])cc1C#CC(c1ccccc1)(c1ccccc1)c1ccccc1. The average molecular weight is 701 g/mol. The zero-order chi connectivity index (χ0) is 37.4. The highest BCUT2D eigenvalue weighted by molar-refractivity contribution is 5.68. The second-order valence-electron chi connectivity index (χ2n) is 12.6. The van der Waals surface area contributed by atoms with Crippen molar-refractivity contribution in [2.75, 3.05) is 0 Å². The quantitative estimate of drug-likeness (QED) is 0.0683. The van der Waals surface area contributed by atoms with Crippen LogP contribution in [0.4, 0.5) is 11.4 Å². The Labute approximate surface area is 313 Å². The molecular weight excluding hydrogens is 669 g/mol. The first kappa shape index (κ1) is 34.9. The number of rotatable bonds is 8. The Morgan fingerprint density at radius 3 is 0.741 bits per heavy atom. The van der Waals surface area contributed by atoms with Gasteiger partial charge in [0.05, 0.1) is 9.85 Å². The fourth-order valence-electron chi connectivity index (χ4n) is 6.96. The summed E-state index contributed by atoms with van der Waals surface area (Å²) in [5.74, 6) is 12.9. The molecule has 0 atom stereocenters. The fourth-order valence-corrected chi connectivity index (χ4v) is 6.96. The van der Waals surface area contributed by atoms with Gasteiger partial charge in [0.1, 0.15) is 22.0 Å². The first-order valence-electron chi connectivity index (χ1n) is 17.3. The number of nitro benzene ring substituents is 2. The van der Waals surface area contributed by atoms with E-state index in [-0.39, 0.29) is 22.5 Å².